The van der Waals surface area contributed by atoms with Crippen LogP contribution in [0.5, 0.6) is 11.5 Å². The van der Waals surface area contributed by atoms with Crippen molar-refractivity contribution in [3.05, 3.63) is 34.3 Å². The molecule has 0 fully saturated rings. The molecule has 0 spiro atoms. The molecule has 1 aromatic carbocycles. The van der Waals surface area contributed by atoms with Crippen LogP contribution >= 0.6 is 11.3 Å². The van der Waals surface area contributed by atoms with Crippen LogP contribution in [0.3, 0.4) is 0 Å². The van der Waals surface area contributed by atoms with Crippen LogP contribution in [0.15, 0.2) is 23.8 Å². The molecule has 124 valence electrons. The highest BCUT2D eigenvalue weighted by Crippen LogP contribution is 2.32. The van der Waals surface area contributed by atoms with Gasteiger partial charge in [-0.05, 0) is 18.6 Å². The lowest BCUT2D eigenvalue weighted by Crippen LogP contribution is -2.13. The average Bonchev–Trinajstić information content (AvgIpc) is 3.06. The molecule has 2 rings (SSSR count). The monoisotopic (exact) mass is 344 g/mol. The highest BCUT2D eigenvalue weighted by atomic mass is 32.1. The Morgan fingerprint density at radius 2 is 2.17 bits per heavy atom. The summed E-state index contributed by atoms with van der Waals surface area (Å²) in [6.45, 7) is 1.95. The molecule has 2 aromatic rings. The molecule has 0 aliphatic heterocycles. The number of aryl methyl sites for hydroxylation is 1. The van der Waals surface area contributed by atoms with Crippen molar-refractivity contribution in [1.29, 1.82) is 5.26 Å². The summed E-state index contributed by atoms with van der Waals surface area (Å²) >= 11 is 1.27. The molecular formula is C16H16N4O3S. The van der Waals surface area contributed by atoms with Crippen molar-refractivity contribution >= 4 is 28.5 Å². The van der Waals surface area contributed by atoms with Crippen molar-refractivity contribution in [2.45, 2.75) is 13.3 Å². The first kappa shape index (κ1) is 17.4. The van der Waals surface area contributed by atoms with Gasteiger partial charge in [0.25, 0.3) is 5.91 Å². The van der Waals surface area contributed by atoms with Crippen molar-refractivity contribution in [3.63, 3.8) is 0 Å². The van der Waals surface area contributed by atoms with E-state index >= 15 is 0 Å². The lowest BCUT2D eigenvalue weighted by molar-refractivity contribution is -0.112. The fourth-order valence-electron chi connectivity index (χ4n) is 1.94. The third-order valence-corrected chi connectivity index (χ3v) is 4.07. The molecule has 8 heteroatoms. The van der Waals surface area contributed by atoms with Crippen LogP contribution in [0.4, 0.5) is 5.13 Å². The third kappa shape index (κ3) is 3.88. The molecule has 0 aliphatic carbocycles. The smallest absolute Gasteiger partial charge is 0.268 e. The number of aromatic nitrogens is 2. The number of hydrogen-bond acceptors (Lipinski definition) is 7. The van der Waals surface area contributed by atoms with Gasteiger partial charge < -0.3 is 9.47 Å². The number of carbonyl (C=O) groups excluding carboxylic acids is 1. The Morgan fingerprint density at radius 1 is 1.38 bits per heavy atom. The second-order valence-corrected chi connectivity index (χ2v) is 5.62. The minimum absolute atomic E-state index is 0.0743. The largest absolute Gasteiger partial charge is 0.493 e. The zero-order valence-electron chi connectivity index (χ0n) is 13.5. The zero-order chi connectivity index (χ0) is 17.5. The molecule has 0 unspecified atom stereocenters. The van der Waals surface area contributed by atoms with E-state index in [9.17, 15) is 10.1 Å². The number of carbonyl (C=O) groups is 1. The maximum atomic E-state index is 12.3. The molecule has 0 saturated heterocycles. The van der Waals surface area contributed by atoms with E-state index in [-0.39, 0.29) is 5.57 Å². The summed E-state index contributed by atoms with van der Waals surface area (Å²) in [5.41, 5.74) is 0.491. The summed E-state index contributed by atoms with van der Waals surface area (Å²) in [6, 6.07) is 7.10. The summed E-state index contributed by atoms with van der Waals surface area (Å²) in [5, 5.41) is 20.8. The molecule has 1 amide bonds. The normalized spacial score (nSPS) is 10.8. The van der Waals surface area contributed by atoms with Crippen molar-refractivity contribution < 1.29 is 14.3 Å². The number of nitriles is 1. The Balaban J connectivity index is 2.29. The van der Waals surface area contributed by atoms with E-state index in [2.05, 4.69) is 15.5 Å². The van der Waals surface area contributed by atoms with Crippen LogP contribution < -0.4 is 14.8 Å². The Hall–Kier alpha value is -2.92. The number of methoxy groups -OCH3 is 2. The molecule has 0 saturated carbocycles. The van der Waals surface area contributed by atoms with Gasteiger partial charge in [0, 0.05) is 5.56 Å². The van der Waals surface area contributed by atoms with Crippen molar-refractivity contribution in [1.82, 2.24) is 10.2 Å². The van der Waals surface area contributed by atoms with Crippen molar-refractivity contribution in [2.24, 2.45) is 0 Å². The number of anilines is 1. The summed E-state index contributed by atoms with van der Waals surface area (Å²) in [4.78, 5) is 12.3. The lowest BCUT2D eigenvalue weighted by atomic mass is 10.1. The molecule has 24 heavy (non-hydrogen) atoms. The topological polar surface area (TPSA) is 97.1 Å². The molecule has 1 aromatic heterocycles. The Morgan fingerprint density at radius 3 is 2.75 bits per heavy atom. The number of nitrogens with one attached hydrogen (secondary N) is 1. The fraction of sp³-hybridized carbons (Fsp3) is 0.250. The average molecular weight is 344 g/mol. The number of hydrogen-bond donors (Lipinski definition) is 1. The predicted molar refractivity (Wildman–Crippen MR) is 91.1 cm³/mol. The summed E-state index contributed by atoms with van der Waals surface area (Å²) in [5.74, 6) is 0.409. The van der Waals surface area contributed by atoms with Crippen LogP contribution in [0.25, 0.3) is 6.08 Å². The van der Waals surface area contributed by atoms with Crippen LogP contribution in [0, 0.1) is 11.3 Å². The number of rotatable bonds is 6. The molecule has 1 N–H and O–H groups in total. The zero-order valence-corrected chi connectivity index (χ0v) is 14.3. The number of para-hydroxylation sites is 1. The summed E-state index contributed by atoms with van der Waals surface area (Å²) in [6.07, 6.45) is 2.17. The Bertz CT molecular complexity index is 808. The van der Waals surface area contributed by atoms with Gasteiger partial charge in [-0.1, -0.05) is 30.4 Å². The quantitative estimate of drug-likeness (QED) is 0.639. The lowest BCUT2D eigenvalue weighted by Gasteiger charge is -2.10. The van der Waals surface area contributed by atoms with E-state index in [0.29, 0.717) is 22.2 Å². The molecular weight excluding hydrogens is 328 g/mol. The van der Waals surface area contributed by atoms with Crippen molar-refractivity contribution in [2.75, 3.05) is 19.5 Å². The van der Waals surface area contributed by atoms with Gasteiger partial charge in [0.1, 0.15) is 16.6 Å². The summed E-state index contributed by atoms with van der Waals surface area (Å²) < 4.78 is 10.5. The predicted octanol–water partition coefficient (Wildman–Crippen LogP) is 2.66. The molecule has 0 aliphatic rings. The van der Waals surface area contributed by atoms with Crippen LogP contribution in [0.2, 0.25) is 0 Å². The van der Waals surface area contributed by atoms with Gasteiger partial charge in [-0.2, -0.15) is 5.26 Å². The number of benzene rings is 1. The van der Waals surface area contributed by atoms with E-state index in [1.165, 1.54) is 31.6 Å². The van der Waals surface area contributed by atoms with Gasteiger partial charge >= 0.3 is 0 Å². The van der Waals surface area contributed by atoms with Gasteiger partial charge in [-0.25, -0.2) is 0 Å². The van der Waals surface area contributed by atoms with Gasteiger partial charge in [0.2, 0.25) is 5.13 Å². The van der Waals surface area contributed by atoms with Crippen LogP contribution in [0.1, 0.15) is 17.5 Å². The van der Waals surface area contributed by atoms with E-state index in [1.54, 1.807) is 18.2 Å². The molecule has 7 nitrogen and oxygen atoms in total. The van der Waals surface area contributed by atoms with E-state index in [1.807, 2.05) is 13.0 Å². The standard InChI is InChI=1S/C16H16N4O3S/c1-4-13-19-20-16(24-13)18-15(21)11(9-17)8-10-6-5-7-12(22-2)14(10)23-3/h5-8H,4H2,1-3H3,(H,18,20,21). The van der Waals surface area contributed by atoms with Gasteiger partial charge in [0.15, 0.2) is 11.5 Å². The SMILES string of the molecule is CCc1nnc(NC(=O)C(C#N)=Cc2cccc(OC)c2OC)s1. The van der Waals surface area contributed by atoms with Crippen LogP contribution in [-0.2, 0) is 11.2 Å². The maximum Gasteiger partial charge on any atom is 0.268 e. The first-order valence-electron chi connectivity index (χ1n) is 7.09. The summed E-state index contributed by atoms with van der Waals surface area (Å²) in [7, 11) is 3.01. The van der Waals surface area contributed by atoms with Gasteiger partial charge in [0.05, 0.1) is 14.2 Å². The van der Waals surface area contributed by atoms with Crippen molar-refractivity contribution in [3.8, 4) is 17.6 Å². The maximum absolute atomic E-state index is 12.3. The first-order chi connectivity index (χ1) is 11.6. The first-order valence-corrected chi connectivity index (χ1v) is 7.91. The molecule has 1 heterocycles. The highest BCUT2D eigenvalue weighted by molar-refractivity contribution is 7.15. The Labute approximate surface area is 143 Å². The van der Waals surface area contributed by atoms with E-state index < -0.39 is 5.91 Å². The Kier molecular flexibility index (Phi) is 5.87. The molecule has 0 atom stereocenters. The molecule has 0 bridgehead atoms. The highest BCUT2D eigenvalue weighted by Gasteiger charge is 2.15. The minimum Gasteiger partial charge on any atom is -0.493 e. The van der Waals surface area contributed by atoms with Gasteiger partial charge in [-0.3, -0.25) is 10.1 Å². The van der Waals surface area contributed by atoms with Crippen LogP contribution in [-0.4, -0.2) is 30.3 Å². The number of nitrogens with zero attached hydrogens (tertiary/aromatic N) is 3. The van der Waals surface area contributed by atoms with E-state index in [0.717, 1.165) is 11.4 Å². The minimum atomic E-state index is -0.554. The second-order valence-electron chi connectivity index (χ2n) is 4.56. The third-order valence-electron chi connectivity index (χ3n) is 3.09. The number of ether oxygens (including phenoxy) is 2. The second kappa shape index (κ2) is 8.08. The van der Waals surface area contributed by atoms with Gasteiger partial charge in [-0.15, -0.1) is 10.2 Å². The molecule has 0 radical (unpaired) electrons. The fourth-order valence-corrected chi connectivity index (χ4v) is 2.62. The number of amides is 1. The van der Waals surface area contributed by atoms with E-state index in [4.69, 9.17) is 9.47 Å².